The van der Waals surface area contributed by atoms with E-state index in [-0.39, 0.29) is 25.0 Å². The molecule has 1 aliphatic carbocycles. The average molecular weight is 253 g/mol. The van der Waals surface area contributed by atoms with E-state index in [1.807, 2.05) is 12.2 Å². The highest BCUT2D eigenvalue weighted by atomic mass is 16.5. The fraction of sp³-hybridized carbons (Fsp3) is 0.538. The molecule has 0 aromatic rings. The van der Waals surface area contributed by atoms with Crippen LogP contribution >= 0.6 is 0 Å². The highest BCUT2D eigenvalue weighted by molar-refractivity contribution is 5.83. The summed E-state index contributed by atoms with van der Waals surface area (Å²) < 4.78 is 5.05. The lowest BCUT2D eigenvalue weighted by Gasteiger charge is -2.15. The largest absolute Gasteiger partial charge is 0.480 e. The molecule has 100 valence electrons. The van der Waals surface area contributed by atoms with Crippen LogP contribution in [-0.4, -0.2) is 36.2 Å². The van der Waals surface area contributed by atoms with Crippen molar-refractivity contribution in [2.45, 2.75) is 25.3 Å². The number of rotatable bonds is 8. The quantitative estimate of drug-likeness (QED) is 0.502. The first kappa shape index (κ1) is 14.4. The van der Waals surface area contributed by atoms with E-state index in [0.717, 1.165) is 12.8 Å². The Hall–Kier alpha value is -1.62. The number of carbonyl (C=O) groups is 2. The topological polar surface area (TPSA) is 75.6 Å². The molecule has 0 aromatic heterocycles. The highest BCUT2D eigenvalue weighted by Crippen LogP contribution is 2.19. The SMILES string of the molecule is C=CCOCC(NC(=O)CC1C=CCC1)C(=O)O. The second-order valence-electron chi connectivity index (χ2n) is 4.25. The van der Waals surface area contributed by atoms with Gasteiger partial charge in [-0.3, -0.25) is 4.79 Å². The van der Waals surface area contributed by atoms with E-state index in [9.17, 15) is 9.59 Å². The maximum Gasteiger partial charge on any atom is 0.328 e. The summed E-state index contributed by atoms with van der Waals surface area (Å²) in [4.78, 5) is 22.6. The molecule has 2 unspecified atom stereocenters. The van der Waals surface area contributed by atoms with Gasteiger partial charge in [-0.05, 0) is 18.8 Å². The lowest BCUT2D eigenvalue weighted by Crippen LogP contribution is -2.44. The zero-order chi connectivity index (χ0) is 13.4. The fourth-order valence-electron chi connectivity index (χ4n) is 1.80. The van der Waals surface area contributed by atoms with E-state index in [2.05, 4.69) is 11.9 Å². The monoisotopic (exact) mass is 253 g/mol. The molecule has 0 spiro atoms. The molecule has 1 rings (SSSR count). The molecule has 0 bridgehead atoms. The average Bonchev–Trinajstić information content (AvgIpc) is 2.80. The fourth-order valence-corrected chi connectivity index (χ4v) is 1.80. The van der Waals surface area contributed by atoms with Crippen molar-refractivity contribution in [3.63, 3.8) is 0 Å². The molecule has 1 aliphatic rings. The number of hydrogen-bond donors (Lipinski definition) is 2. The lowest BCUT2D eigenvalue weighted by atomic mass is 10.0. The van der Waals surface area contributed by atoms with Crippen LogP contribution in [0.1, 0.15) is 19.3 Å². The summed E-state index contributed by atoms with van der Waals surface area (Å²) in [6.07, 6.45) is 7.86. The van der Waals surface area contributed by atoms with Gasteiger partial charge in [0, 0.05) is 6.42 Å². The Kier molecular flexibility index (Phi) is 6.14. The molecule has 18 heavy (non-hydrogen) atoms. The standard InChI is InChI=1S/C13H19NO4/c1-2-7-18-9-11(13(16)17)14-12(15)8-10-5-3-4-6-10/h2-3,5,10-11H,1,4,6-9H2,(H,14,15)(H,16,17). The van der Waals surface area contributed by atoms with Crippen LogP contribution in [0.3, 0.4) is 0 Å². The smallest absolute Gasteiger partial charge is 0.328 e. The first-order valence-electron chi connectivity index (χ1n) is 6.01. The normalized spacial score (nSPS) is 19.4. The van der Waals surface area contributed by atoms with Gasteiger partial charge in [0.15, 0.2) is 6.04 Å². The summed E-state index contributed by atoms with van der Waals surface area (Å²) in [6.45, 7) is 3.69. The first-order chi connectivity index (χ1) is 8.63. The van der Waals surface area contributed by atoms with E-state index in [0.29, 0.717) is 6.42 Å². The van der Waals surface area contributed by atoms with Crippen molar-refractivity contribution in [3.8, 4) is 0 Å². The molecular formula is C13H19NO4. The van der Waals surface area contributed by atoms with Gasteiger partial charge in [-0.1, -0.05) is 18.2 Å². The Bertz CT molecular complexity index is 338. The number of amides is 1. The molecule has 5 heteroatoms. The Morgan fingerprint density at radius 3 is 2.94 bits per heavy atom. The summed E-state index contributed by atoms with van der Waals surface area (Å²) >= 11 is 0. The van der Waals surface area contributed by atoms with Gasteiger partial charge in [0.1, 0.15) is 0 Å². The van der Waals surface area contributed by atoms with Gasteiger partial charge in [0.2, 0.25) is 5.91 Å². The number of hydrogen-bond acceptors (Lipinski definition) is 3. The third kappa shape index (κ3) is 5.14. The third-order valence-electron chi connectivity index (χ3n) is 2.71. The number of aliphatic carboxylic acids is 1. The summed E-state index contributed by atoms with van der Waals surface area (Å²) in [5.41, 5.74) is 0. The molecule has 2 N–H and O–H groups in total. The van der Waals surface area contributed by atoms with E-state index >= 15 is 0 Å². The highest BCUT2D eigenvalue weighted by Gasteiger charge is 2.22. The predicted octanol–water partition coefficient (Wildman–Crippen LogP) is 1.11. The van der Waals surface area contributed by atoms with Crippen LogP contribution in [-0.2, 0) is 14.3 Å². The summed E-state index contributed by atoms with van der Waals surface area (Å²) in [5.74, 6) is -1.11. The Balaban J connectivity index is 2.34. The zero-order valence-corrected chi connectivity index (χ0v) is 10.3. The maximum atomic E-state index is 11.7. The number of nitrogens with one attached hydrogen (secondary N) is 1. The maximum absolute atomic E-state index is 11.7. The zero-order valence-electron chi connectivity index (χ0n) is 10.3. The van der Waals surface area contributed by atoms with Crippen molar-refractivity contribution in [1.82, 2.24) is 5.32 Å². The minimum atomic E-state index is -1.09. The van der Waals surface area contributed by atoms with Gasteiger partial charge in [0.05, 0.1) is 13.2 Å². The summed E-state index contributed by atoms with van der Waals surface area (Å²) in [6, 6.07) is -0.997. The molecule has 0 radical (unpaired) electrons. The molecule has 0 saturated carbocycles. The van der Waals surface area contributed by atoms with Crippen molar-refractivity contribution in [3.05, 3.63) is 24.8 Å². The number of carbonyl (C=O) groups excluding carboxylic acids is 1. The second kappa shape index (κ2) is 7.66. The van der Waals surface area contributed by atoms with Crippen LogP contribution in [0, 0.1) is 5.92 Å². The molecule has 2 atom stereocenters. The van der Waals surface area contributed by atoms with Crippen LogP contribution in [0.4, 0.5) is 0 Å². The van der Waals surface area contributed by atoms with Gasteiger partial charge >= 0.3 is 5.97 Å². The third-order valence-corrected chi connectivity index (χ3v) is 2.71. The van der Waals surface area contributed by atoms with Gasteiger partial charge < -0.3 is 15.2 Å². The molecule has 5 nitrogen and oxygen atoms in total. The van der Waals surface area contributed by atoms with E-state index in [4.69, 9.17) is 9.84 Å². The van der Waals surface area contributed by atoms with E-state index in [1.165, 1.54) is 6.08 Å². The van der Waals surface area contributed by atoms with Gasteiger partial charge in [0.25, 0.3) is 0 Å². The Morgan fingerprint density at radius 1 is 1.61 bits per heavy atom. The number of ether oxygens (including phenoxy) is 1. The number of carboxylic acids is 1. The lowest BCUT2D eigenvalue weighted by molar-refractivity contribution is -0.143. The van der Waals surface area contributed by atoms with Crippen LogP contribution < -0.4 is 5.32 Å². The Labute approximate surface area is 107 Å². The van der Waals surface area contributed by atoms with E-state index < -0.39 is 12.0 Å². The summed E-state index contributed by atoms with van der Waals surface area (Å²) in [5, 5.41) is 11.4. The molecule has 0 saturated heterocycles. The summed E-state index contributed by atoms with van der Waals surface area (Å²) in [7, 11) is 0. The molecular weight excluding hydrogens is 234 g/mol. The van der Waals surface area contributed by atoms with Gasteiger partial charge in [-0.2, -0.15) is 0 Å². The van der Waals surface area contributed by atoms with Crippen molar-refractivity contribution >= 4 is 11.9 Å². The first-order valence-corrected chi connectivity index (χ1v) is 6.01. The van der Waals surface area contributed by atoms with Crippen molar-refractivity contribution in [2.75, 3.05) is 13.2 Å². The molecule has 0 aliphatic heterocycles. The van der Waals surface area contributed by atoms with Crippen LogP contribution in [0.2, 0.25) is 0 Å². The van der Waals surface area contributed by atoms with Crippen molar-refractivity contribution < 1.29 is 19.4 Å². The molecule has 1 amide bonds. The predicted molar refractivity (Wildman–Crippen MR) is 67.1 cm³/mol. The number of carboxylic acid groups (broad SMARTS) is 1. The van der Waals surface area contributed by atoms with Crippen molar-refractivity contribution in [1.29, 1.82) is 0 Å². The van der Waals surface area contributed by atoms with E-state index in [1.54, 1.807) is 0 Å². The van der Waals surface area contributed by atoms with Gasteiger partial charge in [-0.25, -0.2) is 4.79 Å². The minimum Gasteiger partial charge on any atom is -0.480 e. The molecule has 0 aromatic carbocycles. The minimum absolute atomic E-state index is 0.0480. The molecule has 0 fully saturated rings. The molecule has 0 heterocycles. The van der Waals surface area contributed by atoms with Crippen LogP contribution in [0.5, 0.6) is 0 Å². The van der Waals surface area contributed by atoms with Crippen LogP contribution in [0.25, 0.3) is 0 Å². The van der Waals surface area contributed by atoms with Crippen LogP contribution in [0.15, 0.2) is 24.8 Å². The second-order valence-corrected chi connectivity index (χ2v) is 4.25. The number of allylic oxidation sites excluding steroid dienone is 2. The van der Waals surface area contributed by atoms with Gasteiger partial charge in [-0.15, -0.1) is 6.58 Å². The Morgan fingerprint density at radius 2 is 2.39 bits per heavy atom. The van der Waals surface area contributed by atoms with Crippen molar-refractivity contribution in [2.24, 2.45) is 5.92 Å².